The number of tetrazole rings is 1. The Morgan fingerprint density at radius 3 is 2.89 bits per heavy atom. The maximum Gasteiger partial charge on any atom is 0.204 e. The molecule has 3 aromatic rings. The van der Waals surface area contributed by atoms with E-state index in [1.165, 1.54) is 5.56 Å². The maximum absolute atomic E-state index is 6.12. The highest BCUT2D eigenvalue weighted by Gasteiger charge is 2.47. The third-order valence-electron chi connectivity index (χ3n) is 5.93. The zero-order valence-corrected chi connectivity index (χ0v) is 15.5. The van der Waals surface area contributed by atoms with Crippen molar-refractivity contribution in [3.05, 3.63) is 47.5 Å². The molecule has 138 valence electrons. The monoisotopic (exact) mass is 363 g/mol. The first-order valence-corrected chi connectivity index (χ1v) is 9.04. The number of ether oxygens (including phenoxy) is 2. The van der Waals surface area contributed by atoms with Gasteiger partial charge in [-0.05, 0) is 29.0 Å². The van der Waals surface area contributed by atoms with Crippen LogP contribution in [0.15, 0.2) is 36.4 Å². The van der Waals surface area contributed by atoms with Crippen molar-refractivity contribution >= 4 is 5.69 Å². The van der Waals surface area contributed by atoms with Gasteiger partial charge >= 0.3 is 0 Å². The first-order valence-electron chi connectivity index (χ1n) is 9.04. The Balaban J connectivity index is 1.65. The van der Waals surface area contributed by atoms with E-state index in [0.717, 1.165) is 28.3 Å². The largest absolute Gasteiger partial charge is 0.496 e. The molecule has 2 atom stereocenters. The van der Waals surface area contributed by atoms with Gasteiger partial charge in [0.25, 0.3) is 0 Å². The van der Waals surface area contributed by atoms with Gasteiger partial charge in [0.2, 0.25) is 5.82 Å². The standard InChI is InChI=1S/C20H21N5O2/c1-20(2)12-8-7-11(19-22-24-25-23-19)9-14(12)21-18-13(20)10-27-16-6-4-5-15(26-3)17(16)18/h4-9,13,18,21H,10H2,1-3H3,(H,22,23,24,25)/t13-,18-/m1/s1. The molecule has 27 heavy (non-hydrogen) atoms. The first kappa shape index (κ1) is 16.1. The predicted octanol–water partition coefficient (Wildman–Crippen LogP) is 3.33. The van der Waals surface area contributed by atoms with Gasteiger partial charge in [0.05, 0.1) is 25.3 Å². The van der Waals surface area contributed by atoms with Gasteiger partial charge in [-0.25, -0.2) is 0 Å². The van der Waals surface area contributed by atoms with Gasteiger partial charge in [-0.1, -0.05) is 32.0 Å². The van der Waals surface area contributed by atoms with Crippen molar-refractivity contribution in [1.82, 2.24) is 20.6 Å². The summed E-state index contributed by atoms with van der Waals surface area (Å²) in [7, 11) is 1.70. The highest BCUT2D eigenvalue weighted by molar-refractivity contribution is 5.69. The van der Waals surface area contributed by atoms with Crippen molar-refractivity contribution in [2.24, 2.45) is 5.92 Å². The molecular formula is C20H21N5O2. The summed E-state index contributed by atoms with van der Waals surface area (Å²) in [6, 6.07) is 12.4. The molecule has 0 saturated carbocycles. The minimum Gasteiger partial charge on any atom is -0.496 e. The summed E-state index contributed by atoms with van der Waals surface area (Å²) in [5.74, 6) is 2.61. The van der Waals surface area contributed by atoms with Crippen LogP contribution in [0.25, 0.3) is 11.4 Å². The third-order valence-corrected chi connectivity index (χ3v) is 5.93. The number of benzene rings is 2. The first-order chi connectivity index (χ1) is 13.1. The molecule has 0 unspecified atom stereocenters. The van der Waals surface area contributed by atoms with E-state index in [9.17, 15) is 0 Å². The van der Waals surface area contributed by atoms with Crippen LogP contribution in [0.3, 0.4) is 0 Å². The van der Waals surface area contributed by atoms with Gasteiger partial charge in [0, 0.05) is 22.6 Å². The van der Waals surface area contributed by atoms with E-state index in [1.54, 1.807) is 7.11 Å². The average molecular weight is 363 g/mol. The Morgan fingerprint density at radius 2 is 2.11 bits per heavy atom. The Morgan fingerprint density at radius 1 is 1.22 bits per heavy atom. The Hall–Kier alpha value is -3.09. The lowest BCUT2D eigenvalue weighted by molar-refractivity contribution is 0.133. The lowest BCUT2D eigenvalue weighted by Crippen LogP contribution is -2.46. The maximum atomic E-state index is 6.12. The van der Waals surface area contributed by atoms with Crippen molar-refractivity contribution in [2.75, 3.05) is 19.0 Å². The fourth-order valence-corrected chi connectivity index (χ4v) is 4.42. The molecule has 2 N–H and O–H groups in total. The van der Waals surface area contributed by atoms with Crippen molar-refractivity contribution in [3.8, 4) is 22.9 Å². The van der Waals surface area contributed by atoms with E-state index in [4.69, 9.17) is 9.47 Å². The third kappa shape index (κ3) is 2.31. The molecule has 0 amide bonds. The molecular weight excluding hydrogens is 342 g/mol. The number of nitrogens with one attached hydrogen (secondary N) is 2. The number of methoxy groups -OCH3 is 1. The quantitative estimate of drug-likeness (QED) is 0.726. The fraction of sp³-hybridized carbons (Fsp3) is 0.350. The number of hydrogen-bond donors (Lipinski definition) is 2. The predicted molar refractivity (Wildman–Crippen MR) is 101 cm³/mol. The second-order valence-corrected chi connectivity index (χ2v) is 7.63. The molecule has 0 bridgehead atoms. The van der Waals surface area contributed by atoms with Crippen molar-refractivity contribution in [1.29, 1.82) is 0 Å². The van der Waals surface area contributed by atoms with Crippen LogP contribution in [0, 0.1) is 5.92 Å². The highest BCUT2D eigenvalue weighted by atomic mass is 16.5. The molecule has 7 heteroatoms. The molecule has 0 fully saturated rings. The van der Waals surface area contributed by atoms with E-state index in [2.05, 4.69) is 51.9 Å². The zero-order chi connectivity index (χ0) is 18.6. The van der Waals surface area contributed by atoms with Gasteiger partial charge in [-0.15, -0.1) is 10.2 Å². The van der Waals surface area contributed by atoms with Gasteiger partial charge in [0.15, 0.2) is 0 Å². The summed E-state index contributed by atoms with van der Waals surface area (Å²) in [5.41, 5.74) is 4.29. The SMILES string of the molecule is COc1cccc2c1[C@@H]1Nc3cc(-c4nn[nH]n4)ccc3C(C)(C)[C@@H]1CO2. The molecule has 0 aliphatic carbocycles. The van der Waals surface area contributed by atoms with Gasteiger partial charge < -0.3 is 14.8 Å². The fourth-order valence-electron chi connectivity index (χ4n) is 4.42. The van der Waals surface area contributed by atoms with Crippen LogP contribution < -0.4 is 14.8 Å². The molecule has 1 aromatic heterocycles. The normalized spacial score (nSPS) is 21.9. The number of anilines is 1. The molecule has 5 rings (SSSR count). The molecule has 2 aromatic carbocycles. The molecule has 0 spiro atoms. The summed E-state index contributed by atoms with van der Waals surface area (Å²) in [6.07, 6.45) is 0. The van der Waals surface area contributed by atoms with Crippen molar-refractivity contribution in [2.45, 2.75) is 25.3 Å². The molecule has 7 nitrogen and oxygen atoms in total. The molecule has 0 saturated heterocycles. The molecule has 2 aliphatic rings. The van der Waals surface area contributed by atoms with E-state index < -0.39 is 0 Å². The summed E-state index contributed by atoms with van der Waals surface area (Å²) < 4.78 is 11.8. The summed E-state index contributed by atoms with van der Waals surface area (Å²) >= 11 is 0. The number of fused-ring (bicyclic) bond motifs is 4. The number of H-pyrrole nitrogens is 1. The Labute approximate surface area is 157 Å². The van der Waals surface area contributed by atoms with Crippen LogP contribution in [0.4, 0.5) is 5.69 Å². The zero-order valence-electron chi connectivity index (χ0n) is 15.5. The number of aromatic amines is 1. The second kappa shape index (κ2) is 5.70. The molecule has 0 radical (unpaired) electrons. The van der Waals surface area contributed by atoms with Crippen LogP contribution >= 0.6 is 0 Å². The van der Waals surface area contributed by atoms with Crippen LogP contribution in [-0.2, 0) is 5.41 Å². The van der Waals surface area contributed by atoms with Crippen LogP contribution in [0.2, 0.25) is 0 Å². The van der Waals surface area contributed by atoms with E-state index in [0.29, 0.717) is 12.4 Å². The van der Waals surface area contributed by atoms with E-state index in [1.807, 2.05) is 24.3 Å². The van der Waals surface area contributed by atoms with Gasteiger partial charge in [-0.2, -0.15) is 5.21 Å². The van der Waals surface area contributed by atoms with E-state index in [-0.39, 0.29) is 17.4 Å². The van der Waals surface area contributed by atoms with Crippen molar-refractivity contribution in [3.63, 3.8) is 0 Å². The lowest BCUT2D eigenvalue weighted by Gasteiger charge is -2.48. The van der Waals surface area contributed by atoms with Crippen LogP contribution in [0.5, 0.6) is 11.5 Å². The number of hydrogen-bond acceptors (Lipinski definition) is 6. The van der Waals surface area contributed by atoms with Gasteiger partial charge in [0.1, 0.15) is 11.5 Å². The van der Waals surface area contributed by atoms with Crippen molar-refractivity contribution < 1.29 is 9.47 Å². The highest BCUT2D eigenvalue weighted by Crippen LogP contribution is 2.54. The molecule has 2 aliphatic heterocycles. The van der Waals surface area contributed by atoms with Crippen LogP contribution in [-0.4, -0.2) is 34.3 Å². The average Bonchev–Trinajstić information content (AvgIpc) is 3.21. The van der Waals surface area contributed by atoms with Gasteiger partial charge in [-0.3, -0.25) is 0 Å². The Kier molecular flexibility index (Phi) is 3.40. The minimum absolute atomic E-state index is 0.0699. The second-order valence-electron chi connectivity index (χ2n) is 7.63. The number of nitrogens with zero attached hydrogens (tertiary/aromatic N) is 3. The Bertz CT molecular complexity index is 985. The minimum atomic E-state index is -0.0699. The molecule has 3 heterocycles. The smallest absolute Gasteiger partial charge is 0.204 e. The summed E-state index contributed by atoms with van der Waals surface area (Å²) in [4.78, 5) is 0. The van der Waals surface area contributed by atoms with E-state index >= 15 is 0 Å². The summed E-state index contributed by atoms with van der Waals surface area (Å²) in [6.45, 7) is 5.22. The number of rotatable bonds is 2. The number of aromatic nitrogens is 4. The topological polar surface area (TPSA) is 85.0 Å². The summed E-state index contributed by atoms with van der Waals surface area (Å²) in [5, 5.41) is 18.1. The van der Waals surface area contributed by atoms with Crippen LogP contribution in [0.1, 0.15) is 31.0 Å². The lowest BCUT2D eigenvalue weighted by atomic mass is 9.65.